The summed E-state index contributed by atoms with van der Waals surface area (Å²) in [6.45, 7) is 0. The number of carbonyl (C=O) groups excluding carboxylic acids is 1. The van der Waals surface area contributed by atoms with Gasteiger partial charge >= 0.3 is 0 Å². The molecule has 2 aliphatic rings. The average molecular weight is 324 g/mol. The van der Waals surface area contributed by atoms with E-state index in [-0.39, 0.29) is 11.8 Å². The molecule has 1 aromatic rings. The lowest BCUT2D eigenvalue weighted by Crippen LogP contribution is -2.25. The molecule has 126 valence electrons. The zero-order valence-electron chi connectivity index (χ0n) is 13.2. The summed E-state index contributed by atoms with van der Waals surface area (Å²) in [4.78, 5) is 10.8. The fourth-order valence-corrected chi connectivity index (χ4v) is 4.49. The summed E-state index contributed by atoms with van der Waals surface area (Å²) in [5.41, 5.74) is 0.588. The monoisotopic (exact) mass is 324 g/mol. The summed E-state index contributed by atoms with van der Waals surface area (Å²) in [5, 5.41) is 0. The van der Waals surface area contributed by atoms with Crippen molar-refractivity contribution in [2.45, 2.75) is 57.3 Å². The van der Waals surface area contributed by atoms with E-state index in [1.807, 2.05) is 0 Å². The molecule has 0 aliphatic heterocycles. The van der Waals surface area contributed by atoms with E-state index in [0.717, 1.165) is 69.8 Å². The van der Waals surface area contributed by atoms with Crippen molar-refractivity contribution < 1.29 is 18.0 Å². The van der Waals surface area contributed by atoms with Crippen LogP contribution in [0.25, 0.3) is 0 Å². The number of carbonyl (C=O) groups is 1. The Hall–Kier alpha value is -1.32. The number of aldehydes is 1. The minimum atomic E-state index is -1.38. The van der Waals surface area contributed by atoms with E-state index in [0.29, 0.717) is 17.4 Å². The minimum absolute atomic E-state index is 0.127. The molecule has 1 aromatic carbocycles. The number of halogens is 3. The Kier molecular flexibility index (Phi) is 5.08. The standard InChI is InChI=1S/C19H23F3O/c20-17-9-16(10-18(21)19(17)22)15-7-5-14(6-8-15)13-3-1-12(11-23)2-4-13/h9-15H,1-8H2. The minimum Gasteiger partial charge on any atom is -0.303 e. The lowest BCUT2D eigenvalue weighted by atomic mass is 9.68. The summed E-state index contributed by atoms with van der Waals surface area (Å²) in [6.07, 6.45) is 9.27. The number of rotatable bonds is 3. The molecule has 0 aromatic heterocycles. The van der Waals surface area contributed by atoms with Gasteiger partial charge in [0.15, 0.2) is 17.5 Å². The van der Waals surface area contributed by atoms with E-state index < -0.39 is 17.5 Å². The van der Waals surface area contributed by atoms with Crippen molar-refractivity contribution in [3.8, 4) is 0 Å². The number of hydrogen-bond donors (Lipinski definition) is 0. The Balaban J connectivity index is 1.57. The topological polar surface area (TPSA) is 17.1 Å². The molecule has 0 N–H and O–H groups in total. The second-order valence-electron chi connectivity index (χ2n) is 7.22. The van der Waals surface area contributed by atoms with Crippen LogP contribution in [0.2, 0.25) is 0 Å². The van der Waals surface area contributed by atoms with Crippen molar-refractivity contribution in [3.05, 3.63) is 35.1 Å². The molecule has 1 nitrogen and oxygen atoms in total. The molecule has 2 saturated carbocycles. The quantitative estimate of drug-likeness (QED) is 0.538. The molecular weight excluding hydrogens is 301 g/mol. The Bertz CT molecular complexity index is 533. The van der Waals surface area contributed by atoms with Crippen LogP contribution >= 0.6 is 0 Å². The third-order valence-electron chi connectivity index (χ3n) is 5.93. The Morgan fingerprint density at radius 3 is 1.74 bits per heavy atom. The van der Waals surface area contributed by atoms with E-state index >= 15 is 0 Å². The van der Waals surface area contributed by atoms with E-state index in [1.165, 1.54) is 0 Å². The second-order valence-corrected chi connectivity index (χ2v) is 7.22. The van der Waals surface area contributed by atoms with Crippen LogP contribution in [0.3, 0.4) is 0 Å². The molecule has 0 bridgehead atoms. The van der Waals surface area contributed by atoms with Gasteiger partial charge in [-0.15, -0.1) is 0 Å². The smallest absolute Gasteiger partial charge is 0.194 e. The van der Waals surface area contributed by atoms with Gasteiger partial charge in [0.1, 0.15) is 6.29 Å². The highest BCUT2D eigenvalue weighted by Crippen LogP contribution is 2.43. The molecule has 23 heavy (non-hydrogen) atoms. The molecule has 0 heterocycles. The number of benzene rings is 1. The molecule has 0 amide bonds. The predicted octanol–water partition coefficient (Wildman–Crippen LogP) is 5.38. The predicted molar refractivity (Wildman–Crippen MR) is 82.5 cm³/mol. The fraction of sp³-hybridized carbons (Fsp3) is 0.632. The summed E-state index contributed by atoms with van der Waals surface area (Å²) in [5.74, 6) is -1.84. The van der Waals surface area contributed by atoms with Crippen molar-refractivity contribution in [1.82, 2.24) is 0 Å². The maximum atomic E-state index is 13.4. The normalized spacial score (nSPS) is 31.8. The van der Waals surface area contributed by atoms with Crippen molar-refractivity contribution in [1.29, 1.82) is 0 Å². The zero-order chi connectivity index (χ0) is 16.4. The van der Waals surface area contributed by atoms with E-state index in [1.54, 1.807) is 0 Å². The first-order valence-corrected chi connectivity index (χ1v) is 8.68. The van der Waals surface area contributed by atoms with Gasteiger partial charge in [0.2, 0.25) is 0 Å². The molecule has 0 unspecified atom stereocenters. The summed E-state index contributed by atoms with van der Waals surface area (Å²) in [6, 6.07) is 2.30. The summed E-state index contributed by atoms with van der Waals surface area (Å²) < 4.78 is 39.8. The maximum absolute atomic E-state index is 13.4. The van der Waals surface area contributed by atoms with Gasteiger partial charge in [0, 0.05) is 5.92 Å². The van der Waals surface area contributed by atoms with Crippen molar-refractivity contribution >= 4 is 6.29 Å². The summed E-state index contributed by atoms with van der Waals surface area (Å²) >= 11 is 0. The molecule has 4 heteroatoms. The van der Waals surface area contributed by atoms with E-state index in [4.69, 9.17) is 0 Å². The molecule has 2 fully saturated rings. The Morgan fingerprint density at radius 1 is 0.783 bits per heavy atom. The third-order valence-corrected chi connectivity index (χ3v) is 5.93. The van der Waals surface area contributed by atoms with Crippen LogP contribution in [-0.2, 0) is 4.79 Å². The van der Waals surface area contributed by atoms with Crippen molar-refractivity contribution in [2.24, 2.45) is 17.8 Å². The van der Waals surface area contributed by atoms with Crippen LogP contribution in [0.4, 0.5) is 13.2 Å². The van der Waals surface area contributed by atoms with Gasteiger partial charge in [-0.1, -0.05) is 0 Å². The molecule has 0 atom stereocenters. The van der Waals surface area contributed by atoms with Crippen LogP contribution in [0.5, 0.6) is 0 Å². The van der Waals surface area contributed by atoms with Gasteiger partial charge < -0.3 is 4.79 Å². The van der Waals surface area contributed by atoms with Gasteiger partial charge in [-0.25, -0.2) is 13.2 Å². The Morgan fingerprint density at radius 2 is 1.26 bits per heavy atom. The van der Waals surface area contributed by atoms with Crippen LogP contribution in [0.1, 0.15) is 62.8 Å². The molecule has 0 spiro atoms. The first kappa shape index (κ1) is 16.5. The highest BCUT2D eigenvalue weighted by atomic mass is 19.2. The van der Waals surface area contributed by atoms with Gasteiger partial charge in [-0.3, -0.25) is 0 Å². The average Bonchev–Trinajstić information content (AvgIpc) is 2.59. The molecule has 3 rings (SSSR count). The summed E-state index contributed by atoms with van der Waals surface area (Å²) in [7, 11) is 0. The second kappa shape index (κ2) is 7.06. The Labute approximate surface area is 135 Å². The first-order chi connectivity index (χ1) is 11.1. The van der Waals surface area contributed by atoms with E-state index in [2.05, 4.69) is 0 Å². The fourth-order valence-electron chi connectivity index (χ4n) is 4.49. The van der Waals surface area contributed by atoms with Crippen LogP contribution < -0.4 is 0 Å². The van der Waals surface area contributed by atoms with Crippen molar-refractivity contribution in [3.63, 3.8) is 0 Å². The first-order valence-electron chi connectivity index (χ1n) is 8.68. The van der Waals surface area contributed by atoms with Gasteiger partial charge in [-0.2, -0.15) is 0 Å². The van der Waals surface area contributed by atoms with Gasteiger partial charge in [-0.05, 0) is 86.8 Å². The highest BCUT2D eigenvalue weighted by Gasteiger charge is 2.31. The van der Waals surface area contributed by atoms with Crippen LogP contribution in [0.15, 0.2) is 12.1 Å². The largest absolute Gasteiger partial charge is 0.303 e. The lowest BCUT2D eigenvalue weighted by molar-refractivity contribution is -0.112. The van der Waals surface area contributed by atoms with Crippen molar-refractivity contribution in [2.75, 3.05) is 0 Å². The molecular formula is C19H23F3O. The molecule has 0 saturated heterocycles. The van der Waals surface area contributed by atoms with Crippen LogP contribution in [0, 0.1) is 35.2 Å². The zero-order valence-corrected chi connectivity index (χ0v) is 13.2. The SMILES string of the molecule is O=CC1CCC(C2CCC(c3cc(F)c(F)c(F)c3)CC2)CC1. The maximum Gasteiger partial charge on any atom is 0.194 e. The van der Waals surface area contributed by atoms with Crippen LogP contribution in [-0.4, -0.2) is 6.29 Å². The third kappa shape index (κ3) is 3.61. The van der Waals surface area contributed by atoms with Gasteiger partial charge in [0.05, 0.1) is 0 Å². The number of hydrogen-bond acceptors (Lipinski definition) is 1. The highest BCUT2D eigenvalue weighted by molar-refractivity contribution is 5.53. The molecule has 2 aliphatic carbocycles. The van der Waals surface area contributed by atoms with E-state index in [9.17, 15) is 18.0 Å². The van der Waals surface area contributed by atoms with Gasteiger partial charge in [0.25, 0.3) is 0 Å². The lowest BCUT2D eigenvalue weighted by Gasteiger charge is -2.37. The molecule has 0 radical (unpaired) electrons.